The molecule has 5 rings (SSSR count). The van der Waals surface area contributed by atoms with Crippen LogP contribution in [0.3, 0.4) is 0 Å². The molecule has 13 heteroatoms. The molecule has 0 spiro atoms. The van der Waals surface area contributed by atoms with Gasteiger partial charge in [-0.15, -0.1) is 11.8 Å². The number of rotatable bonds is 14. The number of benzene rings is 5. The maximum atomic E-state index is 13.7. The van der Waals surface area contributed by atoms with E-state index in [9.17, 15) is 24.3 Å². The minimum atomic E-state index is -1.15. The molecule has 11 nitrogen and oxygen atoms in total. The zero-order chi connectivity index (χ0) is 37.9. The number of methoxy groups -OCH3 is 3. The smallest absolute Gasteiger partial charge is 0.335 e. The number of halogens is 1. The lowest BCUT2D eigenvalue weighted by Gasteiger charge is -2.18. The van der Waals surface area contributed by atoms with Gasteiger partial charge in [0.05, 0.1) is 37.6 Å². The Hall–Kier alpha value is -6.24. The third kappa shape index (κ3) is 9.76. The van der Waals surface area contributed by atoms with Gasteiger partial charge >= 0.3 is 5.97 Å². The Kier molecular flexibility index (Phi) is 12.8. The molecule has 5 aromatic rings. The number of aromatic carboxylic acids is 1. The Labute approximate surface area is 314 Å². The van der Waals surface area contributed by atoms with E-state index in [1.807, 2.05) is 30.3 Å². The fourth-order valence-electron chi connectivity index (χ4n) is 5.10. The quantitative estimate of drug-likeness (QED) is 0.0655. The highest BCUT2D eigenvalue weighted by atomic mass is 35.5. The van der Waals surface area contributed by atoms with Crippen molar-refractivity contribution in [2.75, 3.05) is 32.0 Å². The first-order valence-corrected chi connectivity index (χ1v) is 17.2. The van der Waals surface area contributed by atoms with Crippen molar-refractivity contribution in [3.8, 4) is 17.2 Å². The van der Waals surface area contributed by atoms with Gasteiger partial charge in [-0.3, -0.25) is 14.4 Å². The van der Waals surface area contributed by atoms with E-state index in [4.69, 9.17) is 25.8 Å². The molecule has 1 atom stereocenters. The summed E-state index contributed by atoms with van der Waals surface area (Å²) < 4.78 is 16.3. The van der Waals surface area contributed by atoms with Crippen LogP contribution < -0.4 is 30.2 Å². The molecule has 3 amide bonds. The monoisotopic (exact) mass is 751 g/mol. The fraction of sp³-hybridized carbons (Fsp3) is 0.100. The first-order chi connectivity index (χ1) is 25.6. The Bertz CT molecular complexity index is 2120. The molecule has 0 saturated carbocycles. The number of carboxylic acids is 1. The van der Waals surface area contributed by atoms with Crippen LogP contribution in [0.4, 0.5) is 11.4 Å². The van der Waals surface area contributed by atoms with Crippen LogP contribution in [0.5, 0.6) is 17.2 Å². The number of hydrogen-bond acceptors (Lipinski definition) is 8. The molecule has 0 aromatic heterocycles. The van der Waals surface area contributed by atoms with Crippen molar-refractivity contribution >= 4 is 64.5 Å². The molecular weight excluding hydrogens is 718 g/mol. The summed E-state index contributed by atoms with van der Waals surface area (Å²) in [6.45, 7) is 0. The van der Waals surface area contributed by atoms with Gasteiger partial charge in [-0.1, -0.05) is 60.1 Å². The van der Waals surface area contributed by atoms with Gasteiger partial charge in [-0.2, -0.15) is 0 Å². The van der Waals surface area contributed by atoms with Crippen LogP contribution in [-0.4, -0.2) is 50.1 Å². The second kappa shape index (κ2) is 17.8. The van der Waals surface area contributed by atoms with Crippen molar-refractivity contribution in [1.29, 1.82) is 0 Å². The number of amides is 3. The first kappa shape index (κ1) is 38.0. The molecule has 4 N–H and O–H groups in total. The van der Waals surface area contributed by atoms with E-state index < -0.39 is 28.9 Å². The molecule has 5 aromatic carbocycles. The van der Waals surface area contributed by atoms with Crippen molar-refractivity contribution in [2.45, 2.75) is 10.1 Å². The maximum absolute atomic E-state index is 13.7. The lowest BCUT2D eigenvalue weighted by molar-refractivity contribution is -0.116. The normalized spacial score (nSPS) is 11.5. The molecule has 0 aliphatic heterocycles. The Morgan fingerprint density at radius 3 is 1.94 bits per heavy atom. The molecule has 0 fully saturated rings. The van der Waals surface area contributed by atoms with E-state index in [1.165, 1.54) is 57.4 Å². The zero-order valence-corrected chi connectivity index (χ0v) is 30.3. The average Bonchev–Trinajstić information content (AvgIpc) is 3.18. The number of hydrogen-bond donors (Lipinski definition) is 4. The van der Waals surface area contributed by atoms with Crippen LogP contribution >= 0.6 is 23.4 Å². The molecule has 1 unspecified atom stereocenters. The Balaban J connectivity index is 1.39. The summed E-state index contributed by atoms with van der Waals surface area (Å²) in [4.78, 5) is 52.8. The number of nitrogens with one attached hydrogen (secondary N) is 3. The lowest BCUT2D eigenvalue weighted by atomic mass is 10.1. The zero-order valence-electron chi connectivity index (χ0n) is 28.7. The molecule has 270 valence electrons. The predicted molar refractivity (Wildman–Crippen MR) is 205 cm³/mol. The van der Waals surface area contributed by atoms with Gasteiger partial charge in [0.2, 0.25) is 11.7 Å². The largest absolute Gasteiger partial charge is 0.493 e. The van der Waals surface area contributed by atoms with Gasteiger partial charge in [-0.05, 0) is 83.9 Å². The van der Waals surface area contributed by atoms with Gasteiger partial charge in [0.25, 0.3) is 11.8 Å². The van der Waals surface area contributed by atoms with E-state index in [1.54, 1.807) is 66.7 Å². The van der Waals surface area contributed by atoms with E-state index in [-0.39, 0.29) is 22.0 Å². The summed E-state index contributed by atoms with van der Waals surface area (Å²) in [7, 11) is 4.43. The SMILES string of the molecule is COc1cc(/C=C(\NC(=O)c2ccccc2)C(=O)Nc2ccc(SC(C(=O)Nc3cc(C(=O)O)ccc3Cl)c3ccccc3)cc2)cc(OC)c1OC. The summed E-state index contributed by atoms with van der Waals surface area (Å²) in [6, 6.07) is 31.7. The molecular formula is C40H34ClN3O8S. The molecule has 0 saturated heterocycles. The number of carbonyl (C=O) groups excluding carboxylic acids is 3. The van der Waals surface area contributed by atoms with Crippen LogP contribution in [0.1, 0.15) is 37.1 Å². The minimum absolute atomic E-state index is 0.0210. The predicted octanol–water partition coefficient (Wildman–Crippen LogP) is 7.95. The number of ether oxygens (including phenoxy) is 3. The molecule has 0 bridgehead atoms. The summed E-state index contributed by atoms with van der Waals surface area (Å²) >= 11 is 7.54. The Morgan fingerprint density at radius 2 is 1.36 bits per heavy atom. The lowest BCUT2D eigenvalue weighted by Crippen LogP contribution is -2.30. The summed E-state index contributed by atoms with van der Waals surface area (Å²) in [6.07, 6.45) is 1.49. The van der Waals surface area contributed by atoms with Gasteiger partial charge in [0.1, 0.15) is 10.9 Å². The van der Waals surface area contributed by atoms with Crippen molar-refractivity contribution in [3.05, 3.63) is 148 Å². The van der Waals surface area contributed by atoms with Gasteiger partial charge in [0.15, 0.2) is 11.5 Å². The van der Waals surface area contributed by atoms with E-state index in [0.29, 0.717) is 44.5 Å². The van der Waals surface area contributed by atoms with Crippen LogP contribution in [0.25, 0.3) is 6.08 Å². The fourth-order valence-corrected chi connectivity index (χ4v) is 6.29. The van der Waals surface area contributed by atoms with E-state index in [0.717, 1.165) is 0 Å². The van der Waals surface area contributed by atoms with Gasteiger partial charge < -0.3 is 35.3 Å². The minimum Gasteiger partial charge on any atom is -0.493 e. The average molecular weight is 752 g/mol. The third-order valence-electron chi connectivity index (χ3n) is 7.70. The van der Waals surface area contributed by atoms with Crippen LogP contribution in [0.15, 0.2) is 126 Å². The number of thioether (sulfide) groups is 1. The standard InChI is InChI=1S/C40H34ClN3O8S/c1-50-33-21-24(22-34(51-2)35(33)52-3)20-32(44-37(45)26-12-8-5-9-13-26)38(46)42-28-15-17-29(18-16-28)53-36(25-10-6-4-7-11-25)39(47)43-31-23-27(40(48)49)14-19-30(31)41/h4-23,36H,1-3H3,(H,42,46)(H,43,47)(H,44,45)(H,48,49)/b32-20-. The third-order valence-corrected chi connectivity index (χ3v) is 9.30. The summed E-state index contributed by atoms with van der Waals surface area (Å²) in [5.41, 5.74) is 2.06. The number of anilines is 2. The number of carboxylic acid groups (broad SMARTS) is 1. The van der Waals surface area contributed by atoms with E-state index in [2.05, 4.69) is 16.0 Å². The highest BCUT2D eigenvalue weighted by Crippen LogP contribution is 2.39. The van der Waals surface area contributed by atoms with Gasteiger partial charge in [-0.25, -0.2) is 4.79 Å². The van der Waals surface area contributed by atoms with Crippen molar-refractivity contribution in [2.24, 2.45) is 0 Å². The van der Waals surface area contributed by atoms with Crippen LogP contribution in [-0.2, 0) is 9.59 Å². The highest BCUT2D eigenvalue weighted by Gasteiger charge is 2.24. The molecule has 0 radical (unpaired) electrons. The van der Waals surface area contributed by atoms with Crippen molar-refractivity contribution < 1.29 is 38.5 Å². The second-order valence-corrected chi connectivity index (χ2v) is 12.8. The van der Waals surface area contributed by atoms with E-state index >= 15 is 0 Å². The first-order valence-electron chi connectivity index (χ1n) is 15.9. The molecule has 0 aliphatic rings. The summed E-state index contributed by atoms with van der Waals surface area (Å²) in [5, 5.41) is 17.2. The molecule has 53 heavy (non-hydrogen) atoms. The van der Waals surface area contributed by atoms with Gasteiger partial charge in [0, 0.05) is 16.1 Å². The second-order valence-electron chi connectivity index (χ2n) is 11.2. The molecule has 0 heterocycles. The summed E-state index contributed by atoms with van der Waals surface area (Å²) in [5.74, 6) is -1.58. The maximum Gasteiger partial charge on any atom is 0.335 e. The van der Waals surface area contributed by atoms with Crippen molar-refractivity contribution in [3.63, 3.8) is 0 Å². The number of carbonyl (C=O) groups is 4. The Morgan fingerprint density at radius 1 is 0.736 bits per heavy atom. The van der Waals surface area contributed by atoms with Crippen molar-refractivity contribution in [1.82, 2.24) is 5.32 Å². The van der Waals surface area contributed by atoms with Crippen LogP contribution in [0.2, 0.25) is 5.02 Å². The van der Waals surface area contributed by atoms with Crippen LogP contribution in [0, 0.1) is 0 Å². The molecule has 0 aliphatic carbocycles. The topological polar surface area (TPSA) is 152 Å². The highest BCUT2D eigenvalue weighted by molar-refractivity contribution is 8.00.